The van der Waals surface area contributed by atoms with Crippen LogP contribution >= 0.6 is 0 Å². The molecule has 0 fully saturated rings. The number of amidine groups is 1. The van der Waals surface area contributed by atoms with Gasteiger partial charge in [-0.25, -0.2) is 0 Å². The third-order valence-corrected chi connectivity index (χ3v) is 2.49. The van der Waals surface area contributed by atoms with E-state index in [1.807, 2.05) is 29.8 Å². The minimum absolute atomic E-state index is 0.00501. The lowest BCUT2D eigenvalue weighted by Crippen LogP contribution is -2.19. The van der Waals surface area contributed by atoms with Gasteiger partial charge in [-0.05, 0) is 19.1 Å². The third-order valence-electron chi connectivity index (χ3n) is 2.49. The maximum atomic E-state index is 8.69. The molecule has 17 heavy (non-hydrogen) atoms. The second-order valence-electron chi connectivity index (χ2n) is 3.63. The minimum atomic E-state index is 0.00501. The van der Waals surface area contributed by atoms with Crippen LogP contribution in [0.2, 0.25) is 0 Å². The van der Waals surface area contributed by atoms with Crippen molar-refractivity contribution in [2.75, 3.05) is 0 Å². The summed E-state index contributed by atoms with van der Waals surface area (Å²) in [6, 6.07) is 5.60. The summed E-state index contributed by atoms with van der Waals surface area (Å²) in [6.07, 6.45) is 3.34. The number of nitrogens with zero attached hydrogens (tertiary/aromatic N) is 4. The molecule has 2 rings (SSSR count). The Morgan fingerprint density at radius 1 is 1.47 bits per heavy atom. The summed E-state index contributed by atoms with van der Waals surface area (Å²) in [4.78, 5) is 4.10. The lowest BCUT2D eigenvalue weighted by molar-refractivity contribution is 0.318. The number of aryl methyl sites for hydroxylation is 1. The number of rotatable bonds is 3. The van der Waals surface area contributed by atoms with E-state index in [9.17, 15) is 0 Å². The Balaban J connectivity index is 2.36. The average Bonchev–Trinajstić information content (AvgIpc) is 2.75. The fraction of sp³-hybridized carbons (Fsp3) is 0.182. The number of hydrogen-bond acceptors (Lipinski definition) is 4. The Kier molecular flexibility index (Phi) is 3.04. The predicted molar refractivity (Wildman–Crippen MR) is 62.8 cm³/mol. The van der Waals surface area contributed by atoms with Gasteiger partial charge in [0.15, 0.2) is 5.84 Å². The van der Waals surface area contributed by atoms with Gasteiger partial charge in [-0.2, -0.15) is 5.10 Å². The molecule has 2 heterocycles. The summed E-state index contributed by atoms with van der Waals surface area (Å²) in [7, 11) is 0. The zero-order valence-corrected chi connectivity index (χ0v) is 9.41. The monoisotopic (exact) mass is 231 g/mol. The molecule has 0 aliphatic carbocycles. The summed E-state index contributed by atoms with van der Waals surface area (Å²) in [5.41, 5.74) is 7.94. The number of oxime groups is 1. The van der Waals surface area contributed by atoms with Gasteiger partial charge < -0.3 is 10.9 Å². The largest absolute Gasteiger partial charge is 0.409 e. The van der Waals surface area contributed by atoms with Gasteiger partial charge in [0.1, 0.15) is 5.69 Å². The van der Waals surface area contributed by atoms with Crippen molar-refractivity contribution in [3.63, 3.8) is 0 Å². The van der Waals surface area contributed by atoms with E-state index in [1.165, 1.54) is 0 Å². The molecule has 6 nitrogen and oxygen atoms in total. The van der Waals surface area contributed by atoms with Crippen LogP contribution in [0.15, 0.2) is 35.7 Å². The highest BCUT2D eigenvalue weighted by Crippen LogP contribution is 2.08. The van der Waals surface area contributed by atoms with E-state index in [0.29, 0.717) is 12.2 Å². The fourth-order valence-electron chi connectivity index (χ4n) is 1.57. The summed E-state index contributed by atoms with van der Waals surface area (Å²) in [6.45, 7) is 2.50. The van der Waals surface area contributed by atoms with Crippen LogP contribution in [0.4, 0.5) is 0 Å². The smallest absolute Gasteiger partial charge is 0.189 e. The Hall–Kier alpha value is -2.37. The fourth-order valence-corrected chi connectivity index (χ4v) is 1.57. The van der Waals surface area contributed by atoms with Crippen LogP contribution < -0.4 is 5.73 Å². The average molecular weight is 231 g/mol. The van der Waals surface area contributed by atoms with Crippen molar-refractivity contribution in [2.24, 2.45) is 10.9 Å². The van der Waals surface area contributed by atoms with E-state index in [4.69, 9.17) is 10.9 Å². The highest BCUT2D eigenvalue weighted by Gasteiger charge is 2.09. The zero-order valence-electron chi connectivity index (χ0n) is 9.41. The second-order valence-corrected chi connectivity index (χ2v) is 3.63. The highest BCUT2D eigenvalue weighted by molar-refractivity contribution is 5.96. The lowest BCUT2D eigenvalue weighted by atomic mass is 10.2. The van der Waals surface area contributed by atoms with Gasteiger partial charge >= 0.3 is 0 Å². The number of hydrogen-bond donors (Lipinski definition) is 2. The molecule has 6 heteroatoms. The third kappa shape index (κ3) is 2.25. The molecule has 0 unspecified atom stereocenters. The molecular formula is C11H13N5O. The number of nitrogens with two attached hydrogens (primary N) is 1. The molecule has 2 aromatic rings. The molecule has 0 saturated carbocycles. The number of pyridine rings is 1. The van der Waals surface area contributed by atoms with E-state index in [2.05, 4.69) is 15.2 Å². The molecule has 2 aromatic heterocycles. The van der Waals surface area contributed by atoms with Gasteiger partial charge in [0.25, 0.3) is 0 Å². The SMILES string of the molecule is Cc1ccnn1Cc1cccnc1C(N)=NO. The molecule has 0 aliphatic heterocycles. The van der Waals surface area contributed by atoms with Crippen molar-refractivity contribution in [3.8, 4) is 0 Å². The Morgan fingerprint density at radius 3 is 2.94 bits per heavy atom. The van der Waals surface area contributed by atoms with Crippen molar-refractivity contribution < 1.29 is 5.21 Å². The Labute approximate surface area is 98.4 Å². The van der Waals surface area contributed by atoms with E-state index < -0.39 is 0 Å². The molecule has 0 amide bonds. The molecule has 0 aliphatic rings. The molecular weight excluding hydrogens is 218 g/mol. The summed E-state index contributed by atoms with van der Waals surface area (Å²) in [5, 5.41) is 15.9. The molecule has 0 saturated heterocycles. The Bertz CT molecular complexity index is 546. The molecule has 0 aromatic carbocycles. The van der Waals surface area contributed by atoms with Crippen molar-refractivity contribution >= 4 is 5.84 Å². The van der Waals surface area contributed by atoms with E-state index >= 15 is 0 Å². The van der Waals surface area contributed by atoms with Crippen LogP contribution in [-0.4, -0.2) is 25.8 Å². The van der Waals surface area contributed by atoms with Crippen LogP contribution in [0.5, 0.6) is 0 Å². The highest BCUT2D eigenvalue weighted by atomic mass is 16.4. The van der Waals surface area contributed by atoms with E-state index in [-0.39, 0.29) is 5.84 Å². The first-order chi connectivity index (χ1) is 8.22. The zero-order chi connectivity index (χ0) is 12.3. The summed E-state index contributed by atoms with van der Waals surface area (Å²) >= 11 is 0. The second kappa shape index (κ2) is 4.65. The predicted octanol–water partition coefficient (Wildman–Crippen LogP) is 0.729. The normalized spacial score (nSPS) is 11.7. The summed E-state index contributed by atoms with van der Waals surface area (Å²) in [5.74, 6) is 0.00501. The van der Waals surface area contributed by atoms with E-state index in [1.54, 1.807) is 12.4 Å². The van der Waals surface area contributed by atoms with Gasteiger partial charge in [0, 0.05) is 23.7 Å². The first kappa shape index (κ1) is 11.1. The molecule has 88 valence electrons. The maximum Gasteiger partial charge on any atom is 0.189 e. The maximum absolute atomic E-state index is 8.69. The van der Waals surface area contributed by atoms with Crippen LogP contribution in [0.1, 0.15) is 17.0 Å². The Morgan fingerprint density at radius 2 is 2.29 bits per heavy atom. The van der Waals surface area contributed by atoms with Crippen molar-refractivity contribution in [1.29, 1.82) is 0 Å². The molecule has 0 spiro atoms. The molecule has 0 bridgehead atoms. The van der Waals surface area contributed by atoms with Gasteiger partial charge in [-0.15, -0.1) is 0 Å². The first-order valence-electron chi connectivity index (χ1n) is 5.12. The lowest BCUT2D eigenvalue weighted by Gasteiger charge is -2.08. The van der Waals surface area contributed by atoms with Gasteiger partial charge in [-0.3, -0.25) is 9.67 Å². The first-order valence-corrected chi connectivity index (χ1v) is 5.12. The minimum Gasteiger partial charge on any atom is -0.409 e. The van der Waals surface area contributed by atoms with Crippen molar-refractivity contribution in [2.45, 2.75) is 13.5 Å². The van der Waals surface area contributed by atoms with Crippen LogP contribution in [-0.2, 0) is 6.54 Å². The standard InChI is InChI=1S/C11H13N5O/c1-8-4-6-14-16(8)7-9-3-2-5-13-10(9)11(12)15-17/h2-6,17H,7H2,1H3,(H2,12,15). The molecule has 3 N–H and O–H groups in total. The quantitative estimate of drug-likeness (QED) is 0.352. The van der Waals surface area contributed by atoms with Gasteiger partial charge in [0.2, 0.25) is 0 Å². The van der Waals surface area contributed by atoms with Gasteiger partial charge in [-0.1, -0.05) is 11.2 Å². The van der Waals surface area contributed by atoms with Crippen molar-refractivity contribution in [1.82, 2.24) is 14.8 Å². The van der Waals surface area contributed by atoms with Crippen LogP contribution in [0.25, 0.3) is 0 Å². The van der Waals surface area contributed by atoms with Crippen molar-refractivity contribution in [3.05, 3.63) is 47.5 Å². The molecule has 0 atom stereocenters. The van der Waals surface area contributed by atoms with Gasteiger partial charge in [0.05, 0.1) is 6.54 Å². The summed E-state index contributed by atoms with van der Waals surface area (Å²) < 4.78 is 1.82. The number of aromatic nitrogens is 3. The van der Waals surface area contributed by atoms with E-state index in [0.717, 1.165) is 11.3 Å². The molecule has 0 radical (unpaired) electrons. The van der Waals surface area contributed by atoms with Crippen LogP contribution in [0.3, 0.4) is 0 Å². The van der Waals surface area contributed by atoms with Crippen LogP contribution in [0, 0.1) is 6.92 Å². The topological polar surface area (TPSA) is 89.3 Å².